The Morgan fingerprint density at radius 3 is 2.92 bits per heavy atom. The van der Waals surface area contributed by atoms with Gasteiger partial charge in [0.25, 0.3) is 5.91 Å². The Balaban J connectivity index is 1.63. The van der Waals surface area contributed by atoms with Crippen molar-refractivity contribution in [2.75, 3.05) is 11.4 Å². The number of piperidine rings is 1. The molecule has 1 amide bonds. The predicted octanol–water partition coefficient (Wildman–Crippen LogP) is 1.76. The van der Waals surface area contributed by atoms with Crippen molar-refractivity contribution in [3.8, 4) is 0 Å². The number of aryl methyl sites for hydroxylation is 2. The van der Waals surface area contributed by atoms with Crippen LogP contribution >= 0.6 is 0 Å². The molecule has 0 aliphatic carbocycles. The van der Waals surface area contributed by atoms with Gasteiger partial charge in [-0.05, 0) is 30.9 Å². The van der Waals surface area contributed by atoms with E-state index in [2.05, 4.69) is 10.3 Å². The Morgan fingerprint density at radius 1 is 1.40 bits per heavy atom. The molecule has 1 atom stereocenters. The number of benzene rings is 1. The number of hydrogen-bond acceptors (Lipinski definition) is 4. The molecule has 0 saturated carbocycles. The highest BCUT2D eigenvalue weighted by molar-refractivity contribution is 5.96. The summed E-state index contributed by atoms with van der Waals surface area (Å²) >= 11 is 0. The number of aromatic nitrogens is 2. The minimum atomic E-state index is -0.619. The van der Waals surface area contributed by atoms with Gasteiger partial charge in [-0.1, -0.05) is 29.4 Å². The lowest BCUT2D eigenvalue weighted by atomic mass is 10.1. The lowest BCUT2D eigenvalue weighted by Crippen LogP contribution is -2.45. The van der Waals surface area contributed by atoms with E-state index >= 15 is 0 Å². The van der Waals surface area contributed by atoms with E-state index in [-0.39, 0.29) is 5.91 Å². The molecule has 132 valence electrons. The van der Waals surface area contributed by atoms with E-state index in [9.17, 15) is 4.79 Å². The molecule has 1 aliphatic heterocycles. The maximum atomic E-state index is 12.6. The number of amidine groups is 1. The van der Waals surface area contributed by atoms with Crippen LogP contribution in [0.15, 0.2) is 41.7 Å². The lowest BCUT2D eigenvalue weighted by Gasteiger charge is -2.29. The van der Waals surface area contributed by atoms with E-state index in [4.69, 9.17) is 10.6 Å². The Bertz CT molecular complexity index is 783. The van der Waals surface area contributed by atoms with Crippen molar-refractivity contribution in [3.63, 3.8) is 0 Å². The molecule has 0 radical (unpaired) electrons. The van der Waals surface area contributed by atoms with Crippen LogP contribution < -0.4 is 10.6 Å². The molecular formula is C18H23N5O2. The average Bonchev–Trinajstić information content (AvgIpc) is 3.02. The first-order chi connectivity index (χ1) is 12.0. The van der Waals surface area contributed by atoms with Gasteiger partial charge in [-0.15, -0.1) is 0 Å². The summed E-state index contributed by atoms with van der Waals surface area (Å²) in [6.07, 6.45) is 3.15. The van der Waals surface area contributed by atoms with Gasteiger partial charge >= 0.3 is 0 Å². The number of amides is 1. The van der Waals surface area contributed by atoms with Gasteiger partial charge in [0.15, 0.2) is 5.82 Å². The zero-order valence-corrected chi connectivity index (χ0v) is 14.6. The van der Waals surface area contributed by atoms with Crippen LogP contribution in [0.25, 0.3) is 0 Å². The van der Waals surface area contributed by atoms with Crippen LogP contribution in [0.4, 0.5) is 5.82 Å². The van der Waals surface area contributed by atoms with E-state index in [1.54, 1.807) is 9.58 Å². The third kappa shape index (κ3) is 3.99. The average molecular weight is 341 g/mol. The molecule has 1 saturated heterocycles. The second-order valence-electron chi connectivity index (χ2n) is 6.26. The summed E-state index contributed by atoms with van der Waals surface area (Å²) in [5.74, 6) is 0.868. The molecular weight excluding hydrogens is 318 g/mol. The SMILES string of the molecule is Cc1ccccc1CC(N)=NOC1CCCN(c2ccn(C)n2)C1=O. The quantitative estimate of drug-likeness (QED) is 0.510. The summed E-state index contributed by atoms with van der Waals surface area (Å²) in [6.45, 7) is 2.66. The molecule has 2 heterocycles. The minimum absolute atomic E-state index is 0.127. The number of rotatable bonds is 5. The number of anilines is 1. The van der Waals surface area contributed by atoms with Crippen molar-refractivity contribution in [1.29, 1.82) is 0 Å². The van der Waals surface area contributed by atoms with Crippen molar-refractivity contribution >= 4 is 17.6 Å². The highest BCUT2D eigenvalue weighted by atomic mass is 16.6. The smallest absolute Gasteiger partial charge is 0.272 e. The zero-order valence-electron chi connectivity index (χ0n) is 14.6. The number of nitrogens with zero attached hydrogens (tertiary/aromatic N) is 4. The molecule has 0 spiro atoms. The van der Waals surface area contributed by atoms with Crippen molar-refractivity contribution in [2.24, 2.45) is 17.9 Å². The molecule has 1 aromatic heterocycles. The second kappa shape index (κ2) is 7.38. The van der Waals surface area contributed by atoms with Crippen LogP contribution in [0.3, 0.4) is 0 Å². The van der Waals surface area contributed by atoms with E-state index in [1.165, 1.54) is 0 Å². The van der Waals surface area contributed by atoms with Gasteiger partial charge in [0.1, 0.15) is 5.84 Å². The van der Waals surface area contributed by atoms with Crippen LogP contribution in [0.1, 0.15) is 24.0 Å². The number of nitrogens with two attached hydrogens (primary N) is 1. The summed E-state index contributed by atoms with van der Waals surface area (Å²) in [7, 11) is 1.82. The minimum Gasteiger partial charge on any atom is -0.384 e. The summed E-state index contributed by atoms with van der Waals surface area (Å²) in [4.78, 5) is 19.7. The number of oxime groups is 1. The molecule has 25 heavy (non-hydrogen) atoms. The highest BCUT2D eigenvalue weighted by Crippen LogP contribution is 2.21. The maximum absolute atomic E-state index is 12.6. The maximum Gasteiger partial charge on any atom is 0.272 e. The molecule has 1 aliphatic rings. The fourth-order valence-electron chi connectivity index (χ4n) is 2.88. The standard InChI is InChI=1S/C18H23N5O2/c1-13-6-3-4-7-14(13)12-16(19)21-25-15-8-5-10-23(18(15)24)17-9-11-22(2)20-17/h3-4,6-7,9,11,15H,5,8,10,12H2,1-2H3,(H2,19,21). The van der Waals surface area contributed by atoms with Crippen LogP contribution in [-0.2, 0) is 23.1 Å². The van der Waals surface area contributed by atoms with Crippen LogP contribution in [-0.4, -0.2) is 34.2 Å². The van der Waals surface area contributed by atoms with Crippen LogP contribution in [0.5, 0.6) is 0 Å². The van der Waals surface area contributed by atoms with Gasteiger partial charge in [0.2, 0.25) is 6.10 Å². The monoisotopic (exact) mass is 341 g/mol. The Labute approximate surface area is 147 Å². The van der Waals surface area contributed by atoms with E-state index in [0.29, 0.717) is 31.0 Å². The van der Waals surface area contributed by atoms with Gasteiger partial charge in [-0.2, -0.15) is 5.10 Å². The Morgan fingerprint density at radius 2 is 2.20 bits per heavy atom. The fraction of sp³-hybridized carbons (Fsp3) is 0.389. The van der Waals surface area contributed by atoms with E-state index in [0.717, 1.165) is 17.5 Å². The number of carbonyl (C=O) groups is 1. The second-order valence-corrected chi connectivity index (χ2v) is 6.26. The summed E-state index contributed by atoms with van der Waals surface area (Å²) in [5.41, 5.74) is 8.21. The van der Waals surface area contributed by atoms with Crippen molar-refractivity contribution in [1.82, 2.24) is 9.78 Å². The third-order valence-corrected chi connectivity index (χ3v) is 4.30. The molecule has 7 heteroatoms. The summed E-state index contributed by atoms with van der Waals surface area (Å²) in [6, 6.07) is 9.79. The Hall–Kier alpha value is -2.83. The first kappa shape index (κ1) is 17.0. The van der Waals surface area contributed by atoms with Gasteiger partial charge < -0.3 is 10.6 Å². The van der Waals surface area contributed by atoms with Gasteiger partial charge in [-0.3, -0.25) is 14.4 Å². The van der Waals surface area contributed by atoms with E-state index in [1.807, 2.05) is 50.5 Å². The summed E-state index contributed by atoms with van der Waals surface area (Å²) in [5, 5.41) is 8.27. The molecule has 1 fully saturated rings. The first-order valence-corrected chi connectivity index (χ1v) is 8.38. The molecule has 7 nitrogen and oxygen atoms in total. The van der Waals surface area contributed by atoms with Crippen molar-refractivity contribution in [2.45, 2.75) is 32.3 Å². The molecule has 1 aromatic carbocycles. The van der Waals surface area contributed by atoms with E-state index < -0.39 is 6.10 Å². The molecule has 3 rings (SSSR count). The largest absolute Gasteiger partial charge is 0.384 e. The highest BCUT2D eigenvalue weighted by Gasteiger charge is 2.32. The molecule has 2 aromatic rings. The normalized spacial score (nSPS) is 18.5. The summed E-state index contributed by atoms with van der Waals surface area (Å²) < 4.78 is 1.67. The van der Waals surface area contributed by atoms with Gasteiger partial charge in [-0.25, -0.2) is 0 Å². The van der Waals surface area contributed by atoms with Crippen LogP contribution in [0.2, 0.25) is 0 Å². The third-order valence-electron chi connectivity index (χ3n) is 4.30. The van der Waals surface area contributed by atoms with Crippen molar-refractivity contribution in [3.05, 3.63) is 47.7 Å². The van der Waals surface area contributed by atoms with Crippen molar-refractivity contribution < 1.29 is 9.63 Å². The topological polar surface area (TPSA) is 85.7 Å². The lowest BCUT2D eigenvalue weighted by molar-refractivity contribution is -0.132. The van der Waals surface area contributed by atoms with Crippen LogP contribution in [0, 0.1) is 6.92 Å². The first-order valence-electron chi connectivity index (χ1n) is 8.38. The molecule has 1 unspecified atom stereocenters. The number of carbonyl (C=O) groups excluding carboxylic acids is 1. The molecule has 2 N–H and O–H groups in total. The zero-order chi connectivity index (χ0) is 17.8. The van der Waals surface area contributed by atoms with Gasteiger partial charge in [0, 0.05) is 32.3 Å². The van der Waals surface area contributed by atoms with Gasteiger partial charge in [0.05, 0.1) is 0 Å². The Kier molecular flexibility index (Phi) is 5.02. The fourth-order valence-corrected chi connectivity index (χ4v) is 2.88. The predicted molar refractivity (Wildman–Crippen MR) is 96.2 cm³/mol. The number of hydrogen-bond donors (Lipinski definition) is 1. The molecule has 0 bridgehead atoms.